The number of hydrogen-bond acceptors (Lipinski definition) is 3. The Balaban J connectivity index is 1.92. The SMILES string of the molecule is CC(=O)N1CC[C@H]2N(c3ccccc3)C(=O)CO[C@]2(C)C1. The van der Waals surface area contributed by atoms with Gasteiger partial charge in [-0.15, -0.1) is 0 Å². The van der Waals surface area contributed by atoms with Crippen molar-refractivity contribution in [1.29, 1.82) is 0 Å². The maximum atomic E-state index is 12.3. The van der Waals surface area contributed by atoms with Gasteiger partial charge in [-0.2, -0.15) is 0 Å². The van der Waals surface area contributed by atoms with E-state index in [0.717, 1.165) is 12.1 Å². The highest BCUT2D eigenvalue weighted by Gasteiger charge is 2.49. The molecule has 2 aliphatic rings. The number of anilines is 1. The van der Waals surface area contributed by atoms with Crippen molar-refractivity contribution in [2.45, 2.75) is 31.9 Å². The number of carbonyl (C=O) groups is 2. The third-order valence-corrected chi connectivity index (χ3v) is 4.47. The Morgan fingerprint density at radius 3 is 2.71 bits per heavy atom. The first kappa shape index (κ1) is 14.1. The average molecular weight is 288 g/mol. The van der Waals surface area contributed by atoms with Crippen LogP contribution in [0.4, 0.5) is 5.69 Å². The Kier molecular flexibility index (Phi) is 3.45. The molecule has 0 aliphatic carbocycles. The summed E-state index contributed by atoms with van der Waals surface area (Å²) in [5.41, 5.74) is 0.395. The van der Waals surface area contributed by atoms with Gasteiger partial charge in [0.05, 0.1) is 12.6 Å². The van der Waals surface area contributed by atoms with Crippen molar-refractivity contribution in [3.05, 3.63) is 30.3 Å². The van der Waals surface area contributed by atoms with E-state index < -0.39 is 5.60 Å². The zero-order valence-corrected chi connectivity index (χ0v) is 12.4. The predicted molar refractivity (Wildman–Crippen MR) is 78.9 cm³/mol. The lowest BCUT2D eigenvalue weighted by molar-refractivity contribution is -0.157. The van der Waals surface area contributed by atoms with Gasteiger partial charge >= 0.3 is 0 Å². The van der Waals surface area contributed by atoms with Crippen LogP contribution in [0, 0.1) is 0 Å². The molecule has 0 N–H and O–H groups in total. The molecule has 112 valence electrons. The summed E-state index contributed by atoms with van der Waals surface area (Å²) in [6.45, 7) is 4.83. The van der Waals surface area contributed by atoms with Crippen LogP contribution in [0.1, 0.15) is 20.3 Å². The molecule has 2 amide bonds. The van der Waals surface area contributed by atoms with Crippen LogP contribution in [0.15, 0.2) is 30.3 Å². The quantitative estimate of drug-likeness (QED) is 0.785. The highest BCUT2D eigenvalue weighted by atomic mass is 16.5. The lowest BCUT2D eigenvalue weighted by atomic mass is 9.85. The first-order valence-electron chi connectivity index (χ1n) is 7.28. The summed E-state index contributed by atoms with van der Waals surface area (Å²) >= 11 is 0. The van der Waals surface area contributed by atoms with Crippen LogP contribution in [-0.4, -0.2) is 48.1 Å². The number of fused-ring (bicyclic) bond motifs is 1. The molecule has 21 heavy (non-hydrogen) atoms. The van der Waals surface area contributed by atoms with Gasteiger partial charge in [0.1, 0.15) is 12.2 Å². The molecule has 0 radical (unpaired) electrons. The molecule has 2 fully saturated rings. The molecule has 5 heteroatoms. The topological polar surface area (TPSA) is 49.9 Å². The molecule has 0 bridgehead atoms. The number of amides is 2. The van der Waals surface area contributed by atoms with Crippen LogP contribution in [0.3, 0.4) is 0 Å². The fraction of sp³-hybridized carbons (Fsp3) is 0.500. The fourth-order valence-corrected chi connectivity index (χ4v) is 3.34. The van der Waals surface area contributed by atoms with Gasteiger partial charge in [-0.25, -0.2) is 0 Å². The summed E-state index contributed by atoms with van der Waals surface area (Å²) < 4.78 is 5.83. The van der Waals surface area contributed by atoms with E-state index in [0.29, 0.717) is 13.1 Å². The first-order chi connectivity index (χ1) is 10.0. The van der Waals surface area contributed by atoms with Gasteiger partial charge in [0.25, 0.3) is 5.91 Å². The maximum Gasteiger partial charge on any atom is 0.253 e. The number of hydrogen-bond donors (Lipinski definition) is 0. The van der Waals surface area contributed by atoms with Crippen LogP contribution in [0.25, 0.3) is 0 Å². The minimum absolute atomic E-state index is 0.0139. The van der Waals surface area contributed by atoms with Crippen molar-refractivity contribution in [1.82, 2.24) is 4.90 Å². The summed E-state index contributed by atoms with van der Waals surface area (Å²) in [7, 11) is 0. The largest absolute Gasteiger partial charge is 0.361 e. The van der Waals surface area contributed by atoms with Crippen LogP contribution >= 0.6 is 0 Å². The molecular weight excluding hydrogens is 268 g/mol. The molecule has 2 aliphatic heterocycles. The Morgan fingerprint density at radius 2 is 2.05 bits per heavy atom. The summed E-state index contributed by atoms with van der Waals surface area (Å²) in [5, 5.41) is 0. The van der Waals surface area contributed by atoms with Gasteiger partial charge < -0.3 is 14.5 Å². The summed E-state index contributed by atoms with van der Waals surface area (Å²) in [5.74, 6) is 0.0430. The van der Waals surface area contributed by atoms with Crippen molar-refractivity contribution >= 4 is 17.5 Å². The van der Waals surface area contributed by atoms with E-state index in [1.807, 2.05) is 42.2 Å². The molecule has 0 spiro atoms. The summed E-state index contributed by atoms with van der Waals surface area (Å²) in [6.07, 6.45) is 0.733. The maximum absolute atomic E-state index is 12.3. The lowest BCUT2D eigenvalue weighted by Crippen LogP contribution is -2.68. The number of carbonyl (C=O) groups excluding carboxylic acids is 2. The van der Waals surface area contributed by atoms with E-state index in [9.17, 15) is 9.59 Å². The standard InChI is InChI=1S/C16H20N2O3/c1-12(19)17-9-8-14-16(2,11-17)21-10-15(20)18(14)13-6-4-3-5-7-13/h3-7,14H,8-11H2,1-2H3/t14-,16-/m1/s1. The van der Waals surface area contributed by atoms with Crippen molar-refractivity contribution in [3.63, 3.8) is 0 Å². The van der Waals surface area contributed by atoms with Crippen LogP contribution in [-0.2, 0) is 14.3 Å². The summed E-state index contributed by atoms with van der Waals surface area (Å²) in [6, 6.07) is 9.66. The minimum atomic E-state index is -0.506. The number of piperidine rings is 1. The Labute approximate surface area is 124 Å². The van der Waals surface area contributed by atoms with E-state index in [1.54, 1.807) is 11.8 Å². The lowest BCUT2D eigenvalue weighted by Gasteiger charge is -2.52. The third kappa shape index (κ3) is 2.42. The zero-order valence-electron chi connectivity index (χ0n) is 12.4. The molecule has 2 atom stereocenters. The second-order valence-electron chi connectivity index (χ2n) is 5.95. The summed E-state index contributed by atoms with van der Waals surface area (Å²) in [4.78, 5) is 27.6. The van der Waals surface area contributed by atoms with E-state index in [1.165, 1.54) is 0 Å². The Bertz CT molecular complexity index is 560. The van der Waals surface area contributed by atoms with E-state index >= 15 is 0 Å². The zero-order chi connectivity index (χ0) is 15.0. The Morgan fingerprint density at radius 1 is 1.33 bits per heavy atom. The highest BCUT2D eigenvalue weighted by Crippen LogP contribution is 2.35. The van der Waals surface area contributed by atoms with Gasteiger partial charge in [-0.05, 0) is 25.5 Å². The van der Waals surface area contributed by atoms with Crippen LogP contribution < -0.4 is 4.90 Å². The van der Waals surface area contributed by atoms with Crippen LogP contribution in [0.2, 0.25) is 0 Å². The highest BCUT2D eigenvalue weighted by molar-refractivity contribution is 5.96. The molecule has 0 unspecified atom stereocenters. The molecule has 3 rings (SSSR count). The van der Waals surface area contributed by atoms with Crippen molar-refractivity contribution in [2.24, 2.45) is 0 Å². The molecule has 0 saturated carbocycles. The van der Waals surface area contributed by atoms with Crippen molar-refractivity contribution in [3.8, 4) is 0 Å². The smallest absolute Gasteiger partial charge is 0.253 e. The predicted octanol–water partition coefficient (Wildman–Crippen LogP) is 1.43. The van der Waals surface area contributed by atoms with Gasteiger partial charge in [0.2, 0.25) is 5.91 Å². The Hall–Kier alpha value is -1.88. The number of morpholine rings is 1. The van der Waals surface area contributed by atoms with Gasteiger partial charge in [-0.1, -0.05) is 18.2 Å². The number of rotatable bonds is 1. The van der Waals surface area contributed by atoms with Gasteiger partial charge in [0, 0.05) is 19.2 Å². The number of benzene rings is 1. The molecule has 0 aromatic heterocycles. The van der Waals surface area contributed by atoms with Gasteiger partial charge in [-0.3, -0.25) is 9.59 Å². The van der Waals surface area contributed by atoms with E-state index in [-0.39, 0.29) is 24.5 Å². The van der Waals surface area contributed by atoms with Crippen LogP contribution in [0.5, 0.6) is 0 Å². The number of likely N-dealkylation sites (tertiary alicyclic amines) is 1. The third-order valence-electron chi connectivity index (χ3n) is 4.47. The molecule has 2 saturated heterocycles. The molecule has 2 heterocycles. The average Bonchev–Trinajstić information content (AvgIpc) is 2.48. The molecule has 1 aromatic carbocycles. The number of nitrogens with zero attached hydrogens (tertiary/aromatic N) is 2. The second-order valence-corrected chi connectivity index (χ2v) is 5.95. The molecule has 1 aromatic rings. The van der Waals surface area contributed by atoms with E-state index in [2.05, 4.69) is 0 Å². The van der Waals surface area contributed by atoms with E-state index in [4.69, 9.17) is 4.74 Å². The number of para-hydroxylation sites is 1. The molecule has 5 nitrogen and oxygen atoms in total. The minimum Gasteiger partial charge on any atom is -0.361 e. The second kappa shape index (κ2) is 5.15. The first-order valence-corrected chi connectivity index (χ1v) is 7.28. The van der Waals surface area contributed by atoms with Crippen molar-refractivity contribution in [2.75, 3.05) is 24.6 Å². The molecular formula is C16H20N2O3. The number of ether oxygens (including phenoxy) is 1. The van der Waals surface area contributed by atoms with Gasteiger partial charge in [0.15, 0.2) is 0 Å². The van der Waals surface area contributed by atoms with Crippen molar-refractivity contribution < 1.29 is 14.3 Å². The fourth-order valence-electron chi connectivity index (χ4n) is 3.34. The monoisotopic (exact) mass is 288 g/mol. The normalized spacial score (nSPS) is 29.2.